The Bertz CT molecular complexity index is 2440. The summed E-state index contributed by atoms with van der Waals surface area (Å²) in [4.78, 5) is 9.50. The number of hydrogen-bond donors (Lipinski definition) is 0. The van der Waals surface area contributed by atoms with Gasteiger partial charge in [-0.25, -0.2) is 14.3 Å². The second-order valence-electron chi connectivity index (χ2n) is 10.6. The highest BCUT2D eigenvalue weighted by Gasteiger charge is 2.17. The van der Waals surface area contributed by atoms with Crippen molar-refractivity contribution in [1.82, 2.24) is 34.1 Å². The highest BCUT2D eigenvalue weighted by atomic mass is 16.3. The normalized spacial score (nSPS) is 11.6. The molecule has 44 heavy (non-hydrogen) atoms. The summed E-state index contributed by atoms with van der Waals surface area (Å²) >= 11 is 0. The minimum atomic E-state index is 0.566. The largest absolute Gasteiger partial charge is 0.436 e. The third-order valence-electron chi connectivity index (χ3n) is 7.95. The predicted octanol–water partition coefficient (Wildman–Crippen LogP) is 8.03. The van der Waals surface area contributed by atoms with E-state index in [1.54, 1.807) is 12.4 Å². The lowest BCUT2D eigenvalue weighted by atomic mass is 10.1. The van der Waals surface area contributed by atoms with Gasteiger partial charge in [0.25, 0.3) is 0 Å². The van der Waals surface area contributed by atoms with Crippen LogP contribution in [0.4, 0.5) is 0 Å². The predicted molar refractivity (Wildman–Crippen MR) is 171 cm³/mol. The van der Waals surface area contributed by atoms with Crippen LogP contribution in [0.2, 0.25) is 0 Å². The standard InChI is InChI=1S/C36H23N7O/c1-2-9-33-29(7-1)30-12-10-24(36-40-32-13-11-26(23-35(32)44-36)41-17-5-15-38-41)21-34(30)43(33)28-20-25(31-8-3-4-14-37-31)19-27(22-28)42-18-6-16-39-42/h1-23H. The summed E-state index contributed by atoms with van der Waals surface area (Å²) in [5.74, 6) is 0.566. The SMILES string of the molecule is c1ccc(-c2cc(-n3cccn3)cc(-n3c4ccccc4c4ccc(-c5nc6ccc(-n7cccn7)cc6o5)cc43)c2)nc1. The van der Waals surface area contributed by atoms with Gasteiger partial charge in [0.15, 0.2) is 5.58 Å². The third-order valence-corrected chi connectivity index (χ3v) is 7.95. The second-order valence-corrected chi connectivity index (χ2v) is 10.6. The van der Waals surface area contributed by atoms with Crippen molar-refractivity contribution in [2.24, 2.45) is 0 Å². The molecule has 0 radical (unpaired) electrons. The maximum Gasteiger partial charge on any atom is 0.227 e. The summed E-state index contributed by atoms with van der Waals surface area (Å²) in [5, 5.41) is 11.2. The molecule has 0 aliphatic heterocycles. The van der Waals surface area contributed by atoms with Crippen LogP contribution >= 0.6 is 0 Å². The number of pyridine rings is 1. The fourth-order valence-corrected chi connectivity index (χ4v) is 5.94. The van der Waals surface area contributed by atoms with Gasteiger partial charge in [0.1, 0.15) is 5.52 Å². The fraction of sp³-hybridized carbons (Fsp3) is 0. The van der Waals surface area contributed by atoms with Crippen LogP contribution in [0.5, 0.6) is 0 Å². The Balaban J connectivity index is 1.26. The van der Waals surface area contributed by atoms with Crippen molar-refractivity contribution >= 4 is 32.9 Å². The fourth-order valence-electron chi connectivity index (χ4n) is 5.94. The molecule has 0 unspecified atom stereocenters. The molecule has 0 saturated heterocycles. The van der Waals surface area contributed by atoms with E-state index in [9.17, 15) is 0 Å². The van der Waals surface area contributed by atoms with Gasteiger partial charge >= 0.3 is 0 Å². The molecule has 0 fully saturated rings. The molecule has 0 spiro atoms. The zero-order chi connectivity index (χ0) is 29.0. The van der Waals surface area contributed by atoms with E-state index < -0.39 is 0 Å². The van der Waals surface area contributed by atoms with E-state index in [2.05, 4.69) is 80.4 Å². The molecule has 0 aliphatic carbocycles. The molecule has 9 aromatic rings. The Morgan fingerprint density at radius 2 is 1.34 bits per heavy atom. The lowest BCUT2D eigenvalue weighted by Gasteiger charge is -2.13. The maximum absolute atomic E-state index is 6.33. The number of nitrogens with zero attached hydrogens (tertiary/aromatic N) is 7. The average Bonchev–Trinajstić information content (AvgIpc) is 3.90. The third kappa shape index (κ3) is 3.93. The van der Waals surface area contributed by atoms with Crippen LogP contribution in [0.15, 0.2) is 145 Å². The topological polar surface area (TPSA) is 79.5 Å². The molecule has 0 amide bonds. The summed E-state index contributed by atoms with van der Waals surface area (Å²) in [5.41, 5.74) is 9.31. The van der Waals surface area contributed by atoms with Crippen LogP contribution < -0.4 is 0 Å². The summed E-state index contributed by atoms with van der Waals surface area (Å²) in [6.07, 6.45) is 9.23. The van der Waals surface area contributed by atoms with Crippen LogP contribution in [0, 0.1) is 0 Å². The van der Waals surface area contributed by atoms with Crippen molar-refractivity contribution in [1.29, 1.82) is 0 Å². The summed E-state index contributed by atoms with van der Waals surface area (Å²) < 4.78 is 12.3. The van der Waals surface area contributed by atoms with Gasteiger partial charge in [0.2, 0.25) is 5.89 Å². The number of aromatic nitrogens is 7. The van der Waals surface area contributed by atoms with Crippen molar-refractivity contribution in [3.63, 3.8) is 0 Å². The number of rotatable bonds is 5. The van der Waals surface area contributed by atoms with E-state index in [0.29, 0.717) is 11.5 Å². The van der Waals surface area contributed by atoms with Gasteiger partial charge in [-0.1, -0.05) is 30.3 Å². The zero-order valence-electron chi connectivity index (χ0n) is 23.3. The molecule has 8 heteroatoms. The first-order valence-electron chi connectivity index (χ1n) is 14.3. The molecule has 4 aromatic carbocycles. The molecule has 0 N–H and O–H groups in total. The van der Waals surface area contributed by atoms with Crippen molar-refractivity contribution in [3.8, 4) is 39.8 Å². The van der Waals surface area contributed by atoms with Crippen LogP contribution in [-0.2, 0) is 0 Å². The van der Waals surface area contributed by atoms with Crippen molar-refractivity contribution in [3.05, 3.63) is 140 Å². The number of para-hydroxylation sites is 1. The van der Waals surface area contributed by atoms with Crippen LogP contribution in [0.3, 0.4) is 0 Å². The molecule has 208 valence electrons. The van der Waals surface area contributed by atoms with E-state index in [1.165, 1.54) is 5.39 Å². The van der Waals surface area contributed by atoms with Crippen LogP contribution in [0.1, 0.15) is 0 Å². The molecular weight excluding hydrogens is 546 g/mol. The van der Waals surface area contributed by atoms with E-state index in [1.807, 2.05) is 76.5 Å². The first kappa shape index (κ1) is 24.3. The summed E-state index contributed by atoms with van der Waals surface area (Å²) in [6, 6.07) is 37.1. The van der Waals surface area contributed by atoms with Gasteiger partial charge < -0.3 is 8.98 Å². The van der Waals surface area contributed by atoms with Crippen molar-refractivity contribution in [2.45, 2.75) is 0 Å². The minimum absolute atomic E-state index is 0.566. The van der Waals surface area contributed by atoms with Crippen molar-refractivity contribution < 1.29 is 4.42 Å². The Morgan fingerprint density at radius 1 is 0.545 bits per heavy atom. The Hall–Kier alpha value is -6.28. The molecule has 9 rings (SSSR count). The minimum Gasteiger partial charge on any atom is -0.436 e. The average molecular weight is 570 g/mol. The summed E-state index contributed by atoms with van der Waals surface area (Å²) in [7, 11) is 0. The van der Waals surface area contributed by atoms with E-state index in [-0.39, 0.29) is 0 Å². The number of hydrogen-bond acceptors (Lipinski definition) is 5. The van der Waals surface area contributed by atoms with Gasteiger partial charge in [-0.15, -0.1) is 0 Å². The monoisotopic (exact) mass is 569 g/mol. The lowest BCUT2D eigenvalue weighted by molar-refractivity contribution is 0.619. The molecule has 5 heterocycles. The van der Waals surface area contributed by atoms with Crippen LogP contribution in [-0.4, -0.2) is 34.1 Å². The molecule has 0 bridgehead atoms. The van der Waals surface area contributed by atoms with Gasteiger partial charge in [-0.2, -0.15) is 10.2 Å². The first-order valence-corrected chi connectivity index (χ1v) is 14.3. The highest BCUT2D eigenvalue weighted by Crippen LogP contribution is 2.37. The molecular formula is C36H23N7O. The highest BCUT2D eigenvalue weighted by molar-refractivity contribution is 6.10. The van der Waals surface area contributed by atoms with Gasteiger partial charge in [0.05, 0.1) is 28.1 Å². The molecule has 0 saturated carbocycles. The molecule has 8 nitrogen and oxygen atoms in total. The first-order chi connectivity index (χ1) is 21.8. The smallest absolute Gasteiger partial charge is 0.227 e. The van der Waals surface area contributed by atoms with E-state index >= 15 is 0 Å². The van der Waals surface area contributed by atoms with Gasteiger partial charge in [-0.3, -0.25) is 4.98 Å². The number of oxazole rings is 1. The summed E-state index contributed by atoms with van der Waals surface area (Å²) in [6.45, 7) is 0. The van der Waals surface area contributed by atoms with Crippen molar-refractivity contribution in [2.75, 3.05) is 0 Å². The lowest BCUT2D eigenvalue weighted by Crippen LogP contribution is -2.00. The Kier molecular flexibility index (Phi) is 5.33. The number of fused-ring (bicyclic) bond motifs is 4. The van der Waals surface area contributed by atoms with Crippen LogP contribution in [0.25, 0.3) is 72.7 Å². The quantitative estimate of drug-likeness (QED) is 0.210. The molecule has 5 aromatic heterocycles. The maximum atomic E-state index is 6.33. The van der Waals surface area contributed by atoms with E-state index in [0.717, 1.165) is 55.8 Å². The Morgan fingerprint density at radius 3 is 2.16 bits per heavy atom. The van der Waals surface area contributed by atoms with Gasteiger partial charge in [-0.05, 0) is 72.8 Å². The van der Waals surface area contributed by atoms with Gasteiger partial charge in [0, 0.05) is 64.6 Å². The molecule has 0 atom stereocenters. The zero-order valence-corrected chi connectivity index (χ0v) is 23.3. The molecule has 0 aliphatic rings. The second kappa shape index (κ2) is 9.64. The Labute approximate surface area is 251 Å². The number of benzene rings is 4. The van der Waals surface area contributed by atoms with E-state index in [4.69, 9.17) is 9.40 Å².